The number of carbonyl (C=O) groups excluding carboxylic acids is 1. The van der Waals surface area contributed by atoms with Gasteiger partial charge >= 0.3 is 5.97 Å². The third-order valence-electron chi connectivity index (χ3n) is 4.59. The Morgan fingerprint density at radius 3 is 2.41 bits per heavy atom. The number of nitrogens with zero attached hydrogens (tertiary/aromatic N) is 1. The number of hydrogen-bond acceptors (Lipinski definition) is 4. The molecular weight excluding hydrogens is 375 g/mol. The molecular formula is C22H17FN2O4. The van der Waals surface area contributed by atoms with Crippen LogP contribution in [0.4, 0.5) is 15.8 Å². The molecule has 0 unspecified atom stereocenters. The summed E-state index contributed by atoms with van der Waals surface area (Å²) in [6, 6.07) is 19.7. The number of fused-ring (bicyclic) bond motifs is 1. The van der Waals surface area contributed by atoms with Gasteiger partial charge in [-0.05, 0) is 54.1 Å². The molecule has 3 aromatic carbocycles. The second kappa shape index (κ2) is 7.63. The highest BCUT2D eigenvalue weighted by atomic mass is 19.1. The van der Waals surface area contributed by atoms with Crippen molar-refractivity contribution in [3.63, 3.8) is 0 Å². The first-order chi connectivity index (χ1) is 14.0. The fourth-order valence-electron chi connectivity index (χ4n) is 3.25. The topological polar surface area (TPSA) is 78.9 Å². The molecule has 0 saturated heterocycles. The van der Waals surface area contributed by atoms with Crippen molar-refractivity contribution >= 4 is 23.3 Å². The van der Waals surface area contributed by atoms with Crippen molar-refractivity contribution in [2.24, 2.45) is 0 Å². The van der Waals surface area contributed by atoms with Gasteiger partial charge in [0.2, 0.25) is 0 Å². The van der Waals surface area contributed by atoms with Crippen LogP contribution in [-0.2, 0) is 4.79 Å². The van der Waals surface area contributed by atoms with Gasteiger partial charge in [0.25, 0.3) is 5.91 Å². The minimum atomic E-state index is -1.07. The molecule has 1 aliphatic rings. The number of anilines is 2. The Labute approximate surface area is 166 Å². The highest BCUT2D eigenvalue weighted by Crippen LogP contribution is 2.37. The number of carbonyl (C=O) groups is 2. The average Bonchev–Trinajstić information content (AvgIpc) is 2.73. The van der Waals surface area contributed by atoms with E-state index in [4.69, 9.17) is 9.84 Å². The normalized spacial score (nSPS) is 15.4. The zero-order valence-corrected chi connectivity index (χ0v) is 15.2. The van der Waals surface area contributed by atoms with Crippen LogP contribution in [0, 0.1) is 5.82 Å². The molecule has 0 aromatic heterocycles. The minimum Gasteiger partial charge on any atom is -0.482 e. The van der Waals surface area contributed by atoms with Crippen LogP contribution in [0.2, 0.25) is 0 Å². The van der Waals surface area contributed by atoms with E-state index in [2.05, 4.69) is 5.32 Å². The summed E-state index contributed by atoms with van der Waals surface area (Å²) in [5, 5.41) is 12.1. The zero-order valence-electron chi connectivity index (χ0n) is 15.2. The molecule has 0 aliphatic carbocycles. The number of hydrogen-bond donors (Lipinski definition) is 2. The van der Waals surface area contributed by atoms with E-state index in [0.717, 1.165) is 5.56 Å². The number of ether oxygens (including phenoxy) is 1. The van der Waals surface area contributed by atoms with Gasteiger partial charge in [0, 0.05) is 11.4 Å². The average molecular weight is 392 g/mol. The zero-order chi connectivity index (χ0) is 20.4. The van der Waals surface area contributed by atoms with Gasteiger partial charge in [-0.25, -0.2) is 9.18 Å². The SMILES string of the molecule is O=C(O)COc1ccc(N2C(=O)c3ccccc3N[C@@H]2c2ccc(F)cc2)cc1. The Morgan fingerprint density at radius 1 is 1.03 bits per heavy atom. The molecule has 4 rings (SSSR count). The van der Waals surface area contributed by atoms with Crippen LogP contribution >= 0.6 is 0 Å². The van der Waals surface area contributed by atoms with Gasteiger partial charge in [-0.15, -0.1) is 0 Å². The first-order valence-electron chi connectivity index (χ1n) is 8.92. The quantitative estimate of drug-likeness (QED) is 0.685. The number of aliphatic carboxylic acids is 1. The lowest BCUT2D eigenvalue weighted by molar-refractivity contribution is -0.139. The van der Waals surface area contributed by atoms with E-state index in [1.165, 1.54) is 12.1 Å². The Kier molecular flexibility index (Phi) is 4.87. The molecule has 2 N–H and O–H groups in total. The highest BCUT2D eigenvalue weighted by molar-refractivity contribution is 6.12. The number of benzene rings is 3. The van der Waals surface area contributed by atoms with Gasteiger partial charge in [0.05, 0.1) is 5.56 Å². The van der Waals surface area contributed by atoms with Crippen molar-refractivity contribution in [1.82, 2.24) is 0 Å². The summed E-state index contributed by atoms with van der Waals surface area (Å²) in [7, 11) is 0. The molecule has 29 heavy (non-hydrogen) atoms. The number of carboxylic acid groups (broad SMARTS) is 1. The highest BCUT2D eigenvalue weighted by Gasteiger charge is 2.34. The van der Waals surface area contributed by atoms with Gasteiger partial charge in [-0.2, -0.15) is 0 Å². The molecule has 0 fully saturated rings. The van der Waals surface area contributed by atoms with Crippen molar-refractivity contribution in [3.8, 4) is 5.75 Å². The molecule has 3 aromatic rings. The molecule has 1 heterocycles. The smallest absolute Gasteiger partial charge is 0.341 e. The first-order valence-corrected chi connectivity index (χ1v) is 8.92. The summed E-state index contributed by atoms with van der Waals surface area (Å²) >= 11 is 0. The maximum Gasteiger partial charge on any atom is 0.341 e. The predicted molar refractivity (Wildman–Crippen MR) is 106 cm³/mol. The molecule has 7 heteroatoms. The van der Waals surface area contributed by atoms with Gasteiger partial charge in [0.1, 0.15) is 17.7 Å². The molecule has 0 spiro atoms. The van der Waals surface area contributed by atoms with Crippen LogP contribution in [0.25, 0.3) is 0 Å². The second-order valence-corrected chi connectivity index (χ2v) is 6.50. The molecule has 1 aliphatic heterocycles. The summed E-state index contributed by atoms with van der Waals surface area (Å²) in [5.41, 5.74) is 2.54. The third-order valence-corrected chi connectivity index (χ3v) is 4.59. The lowest BCUT2D eigenvalue weighted by Gasteiger charge is -2.38. The molecule has 0 saturated carbocycles. The van der Waals surface area contributed by atoms with Crippen LogP contribution in [0.3, 0.4) is 0 Å². The van der Waals surface area contributed by atoms with Gasteiger partial charge in [-0.1, -0.05) is 24.3 Å². The minimum absolute atomic E-state index is 0.201. The van der Waals surface area contributed by atoms with E-state index in [-0.39, 0.29) is 11.7 Å². The fraction of sp³-hybridized carbons (Fsp3) is 0.0909. The summed E-state index contributed by atoms with van der Waals surface area (Å²) in [6.07, 6.45) is -0.538. The number of nitrogens with one attached hydrogen (secondary N) is 1. The maximum absolute atomic E-state index is 13.4. The van der Waals surface area contributed by atoms with Crippen molar-refractivity contribution in [1.29, 1.82) is 0 Å². The Bertz CT molecular complexity index is 1050. The van der Waals surface area contributed by atoms with E-state index in [9.17, 15) is 14.0 Å². The summed E-state index contributed by atoms with van der Waals surface area (Å²) < 4.78 is 18.6. The van der Waals surface area contributed by atoms with Crippen molar-refractivity contribution < 1.29 is 23.8 Å². The van der Waals surface area contributed by atoms with Crippen molar-refractivity contribution in [2.45, 2.75) is 6.17 Å². The molecule has 1 amide bonds. The van der Waals surface area contributed by atoms with Gasteiger partial charge < -0.3 is 15.2 Å². The van der Waals surface area contributed by atoms with Crippen molar-refractivity contribution in [3.05, 3.63) is 89.7 Å². The third kappa shape index (κ3) is 3.75. The first kappa shape index (κ1) is 18.5. The van der Waals surface area contributed by atoms with Gasteiger partial charge in [0.15, 0.2) is 6.61 Å². The molecule has 146 valence electrons. The Hall–Kier alpha value is -3.87. The Balaban J connectivity index is 1.72. The summed E-state index contributed by atoms with van der Waals surface area (Å²) in [6.45, 7) is -0.449. The monoisotopic (exact) mass is 392 g/mol. The number of para-hydroxylation sites is 1. The number of carboxylic acids is 1. The summed E-state index contributed by atoms with van der Waals surface area (Å²) in [5.74, 6) is -1.25. The van der Waals surface area contributed by atoms with Crippen molar-refractivity contribution in [2.75, 3.05) is 16.8 Å². The summed E-state index contributed by atoms with van der Waals surface area (Å²) in [4.78, 5) is 25.5. The molecule has 0 radical (unpaired) electrons. The molecule has 0 bridgehead atoms. The largest absolute Gasteiger partial charge is 0.482 e. The number of amides is 1. The Morgan fingerprint density at radius 2 is 1.72 bits per heavy atom. The van der Waals surface area contributed by atoms with Crippen LogP contribution in [0.15, 0.2) is 72.8 Å². The standard InChI is InChI=1S/C22H17FN2O4/c23-15-7-5-14(6-8-15)21-24-19-4-2-1-3-18(19)22(28)25(21)16-9-11-17(12-10-16)29-13-20(26)27/h1-12,21,24H,13H2,(H,26,27)/t21-/m0/s1. The van der Waals surface area contributed by atoms with Crippen LogP contribution in [0.1, 0.15) is 22.1 Å². The van der Waals surface area contributed by atoms with Crippen LogP contribution < -0.4 is 15.0 Å². The van der Waals surface area contributed by atoms with E-state index in [1.54, 1.807) is 53.4 Å². The maximum atomic E-state index is 13.4. The van der Waals surface area contributed by atoms with Gasteiger partial charge in [-0.3, -0.25) is 9.69 Å². The van der Waals surface area contributed by atoms with E-state index in [1.807, 2.05) is 12.1 Å². The predicted octanol–water partition coefficient (Wildman–Crippen LogP) is 4.06. The molecule has 6 nitrogen and oxygen atoms in total. The lowest BCUT2D eigenvalue weighted by Crippen LogP contribution is -2.43. The van der Waals surface area contributed by atoms with E-state index >= 15 is 0 Å². The van der Waals surface area contributed by atoms with E-state index in [0.29, 0.717) is 22.7 Å². The van der Waals surface area contributed by atoms with Crippen LogP contribution in [0.5, 0.6) is 5.75 Å². The lowest BCUT2D eigenvalue weighted by atomic mass is 10.0. The fourth-order valence-corrected chi connectivity index (χ4v) is 3.25. The molecule has 1 atom stereocenters. The second-order valence-electron chi connectivity index (χ2n) is 6.50. The number of rotatable bonds is 5. The van der Waals surface area contributed by atoms with E-state index < -0.39 is 18.7 Å². The number of halogens is 1. The van der Waals surface area contributed by atoms with Crippen LogP contribution in [-0.4, -0.2) is 23.6 Å².